The molecule has 6 heteroatoms. The van der Waals surface area contributed by atoms with E-state index in [-0.39, 0.29) is 11.8 Å². The van der Waals surface area contributed by atoms with Crippen LogP contribution in [-0.2, 0) is 4.79 Å². The number of aryl methyl sites for hydroxylation is 1. The number of piperidine rings is 1. The van der Waals surface area contributed by atoms with E-state index in [9.17, 15) is 9.59 Å². The quantitative estimate of drug-likeness (QED) is 0.910. The number of likely N-dealkylation sites (tertiary alicyclic amines) is 1. The third kappa shape index (κ3) is 2.61. The van der Waals surface area contributed by atoms with Crippen molar-refractivity contribution in [2.24, 2.45) is 5.92 Å². The zero-order chi connectivity index (χ0) is 15.0. The second kappa shape index (κ2) is 5.20. The number of hydrogen-bond acceptors (Lipinski definition) is 3. The monoisotopic (exact) mass is 287 g/mol. The highest BCUT2D eigenvalue weighted by atomic mass is 16.4. The summed E-state index contributed by atoms with van der Waals surface area (Å²) in [5.74, 6) is -1.15. The molecule has 21 heavy (non-hydrogen) atoms. The zero-order valence-electron chi connectivity index (χ0n) is 11.8. The van der Waals surface area contributed by atoms with Gasteiger partial charge in [0.25, 0.3) is 5.91 Å². The van der Waals surface area contributed by atoms with Crippen molar-refractivity contribution < 1.29 is 14.7 Å². The first-order valence-electron chi connectivity index (χ1n) is 7.02. The lowest BCUT2D eigenvalue weighted by Crippen LogP contribution is -2.40. The molecule has 1 N–H and O–H groups in total. The van der Waals surface area contributed by atoms with E-state index in [2.05, 4.69) is 4.98 Å². The van der Waals surface area contributed by atoms with E-state index in [0.717, 1.165) is 11.3 Å². The third-order valence-electron chi connectivity index (χ3n) is 3.96. The molecule has 0 atom stereocenters. The molecule has 0 saturated carbocycles. The Morgan fingerprint density at radius 1 is 1.33 bits per heavy atom. The highest BCUT2D eigenvalue weighted by Gasteiger charge is 2.27. The average molecular weight is 287 g/mol. The van der Waals surface area contributed by atoms with E-state index in [1.54, 1.807) is 17.0 Å². The Hall–Kier alpha value is -2.37. The van der Waals surface area contributed by atoms with E-state index in [1.807, 2.05) is 23.7 Å². The van der Waals surface area contributed by atoms with Gasteiger partial charge in [0, 0.05) is 31.0 Å². The Morgan fingerprint density at radius 2 is 2.05 bits per heavy atom. The van der Waals surface area contributed by atoms with Gasteiger partial charge in [0.2, 0.25) is 0 Å². The van der Waals surface area contributed by atoms with Crippen LogP contribution in [0.1, 0.15) is 28.9 Å². The third-order valence-corrected chi connectivity index (χ3v) is 3.96. The number of imidazole rings is 1. The Labute approximate surface area is 122 Å². The molecule has 3 heterocycles. The number of aromatic nitrogens is 2. The summed E-state index contributed by atoms with van der Waals surface area (Å²) in [6, 6.07) is 3.55. The molecule has 0 aliphatic carbocycles. The highest BCUT2D eigenvalue weighted by Crippen LogP contribution is 2.19. The molecule has 1 amide bonds. The second-order valence-corrected chi connectivity index (χ2v) is 5.47. The van der Waals surface area contributed by atoms with Crippen molar-refractivity contribution in [1.29, 1.82) is 0 Å². The predicted octanol–water partition coefficient (Wildman–Crippen LogP) is 1.58. The lowest BCUT2D eigenvalue weighted by Gasteiger charge is -2.30. The van der Waals surface area contributed by atoms with Crippen LogP contribution < -0.4 is 0 Å². The van der Waals surface area contributed by atoms with Gasteiger partial charge in [0.15, 0.2) is 0 Å². The molecule has 2 aromatic rings. The first kappa shape index (κ1) is 13.6. The lowest BCUT2D eigenvalue weighted by atomic mass is 9.97. The molecule has 6 nitrogen and oxygen atoms in total. The van der Waals surface area contributed by atoms with Crippen molar-refractivity contribution in [3.8, 4) is 0 Å². The van der Waals surface area contributed by atoms with Crippen LogP contribution in [0.4, 0.5) is 0 Å². The number of nitrogens with zero attached hydrogens (tertiary/aromatic N) is 3. The van der Waals surface area contributed by atoms with Crippen molar-refractivity contribution in [1.82, 2.24) is 14.3 Å². The van der Waals surface area contributed by atoms with Gasteiger partial charge in [-0.25, -0.2) is 4.98 Å². The molecule has 3 rings (SSSR count). The smallest absolute Gasteiger partial charge is 0.306 e. The topological polar surface area (TPSA) is 74.9 Å². The number of carbonyl (C=O) groups excluding carboxylic acids is 1. The van der Waals surface area contributed by atoms with Crippen molar-refractivity contribution in [2.45, 2.75) is 19.8 Å². The molecule has 0 aromatic carbocycles. The van der Waals surface area contributed by atoms with Crippen molar-refractivity contribution in [2.75, 3.05) is 13.1 Å². The van der Waals surface area contributed by atoms with Gasteiger partial charge in [-0.1, -0.05) is 0 Å². The minimum atomic E-state index is -0.767. The lowest BCUT2D eigenvalue weighted by molar-refractivity contribution is -0.143. The van der Waals surface area contributed by atoms with Gasteiger partial charge in [0.1, 0.15) is 5.65 Å². The highest BCUT2D eigenvalue weighted by molar-refractivity contribution is 5.95. The van der Waals surface area contributed by atoms with Crippen molar-refractivity contribution >= 4 is 17.5 Å². The summed E-state index contributed by atoms with van der Waals surface area (Å²) in [7, 11) is 0. The number of aliphatic carboxylic acids is 1. The summed E-state index contributed by atoms with van der Waals surface area (Å²) in [5, 5.41) is 8.99. The van der Waals surface area contributed by atoms with Crippen LogP contribution in [0, 0.1) is 12.8 Å². The molecule has 1 aliphatic rings. The van der Waals surface area contributed by atoms with Gasteiger partial charge >= 0.3 is 5.97 Å². The summed E-state index contributed by atoms with van der Waals surface area (Å²) in [5.41, 5.74) is 2.25. The van der Waals surface area contributed by atoms with Crippen LogP contribution in [0.15, 0.2) is 24.5 Å². The number of carbonyl (C=O) groups is 2. The van der Waals surface area contributed by atoms with E-state index in [0.29, 0.717) is 31.5 Å². The molecule has 1 aliphatic heterocycles. The number of carboxylic acid groups (broad SMARTS) is 1. The second-order valence-electron chi connectivity index (χ2n) is 5.47. The average Bonchev–Trinajstić information content (AvgIpc) is 2.85. The van der Waals surface area contributed by atoms with Gasteiger partial charge in [-0.2, -0.15) is 0 Å². The van der Waals surface area contributed by atoms with Gasteiger partial charge in [-0.3, -0.25) is 9.59 Å². The largest absolute Gasteiger partial charge is 0.481 e. The summed E-state index contributed by atoms with van der Waals surface area (Å²) in [6.45, 7) is 2.90. The molecule has 0 unspecified atom stereocenters. The maximum Gasteiger partial charge on any atom is 0.306 e. The number of rotatable bonds is 2. The number of fused-ring (bicyclic) bond motifs is 1. The van der Waals surface area contributed by atoms with Crippen LogP contribution in [0.5, 0.6) is 0 Å². The fraction of sp³-hybridized carbons (Fsp3) is 0.400. The molecule has 1 fully saturated rings. The zero-order valence-corrected chi connectivity index (χ0v) is 11.8. The van der Waals surface area contributed by atoms with Crippen LogP contribution in [0.3, 0.4) is 0 Å². The number of hydrogen-bond donors (Lipinski definition) is 1. The molecule has 0 spiro atoms. The van der Waals surface area contributed by atoms with Crippen LogP contribution in [0.25, 0.3) is 5.65 Å². The number of pyridine rings is 1. The minimum absolute atomic E-state index is 0.0537. The van der Waals surface area contributed by atoms with Crippen LogP contribution in [-0.4, -0.2) is 44.4 Å². The number of amides is 1. The van der Waals surface area contributed by atoms with E-state index in [4.69, 9.17) is 5.11 Å². The molecular weight excluding hydrogens is 270 g/mol. The summed E-state index contributed by atoms with van der Waals surface area (Å²) in [4.78, 5) is 29.5. The fourth-order valence-corrected chi connectivity index (χ4v) is 2.75. The van der Waals surface area contributed by atoms with E-state index in [1.165, 1.54) is 0 Å². The Bertz CT molecular complexity index is 699. The standard InChI is InChI=1S/C15H17N3O3/c1-10-9-18-7-4-12(8-13(18)16-10)14(19)17-5-2-11(3-6-17)15(20)21/h4,7-9,11H,2-3,5-6H2,1H3,(H,20,21). The summed E-state index contributed by atoms with van der Waals surface area (Å²) >= 11 is 0. The van der Waals surface area contributed by atoms with E-state index < -0.39 is 5.97 Å². The SMILES string of the molecule is Cc1cn2ccc(C(=O)N3CCC(C(=O)O)CC3)cc2n1. The van der Waals surface area contributed by atoms with Crippen molar-refractivity contribution in [3.05, 3.63) is 35.8 Å². The van der Waals surface area contributed by atoms with Gasteiger partial charge in [-0.05, 0) is 31.9 Å². The molecule has 1 saturated heterocycles. The van der Waals surface area contributed by atoms with E-state index >= 15 is 0 Å². The Balaban J connectivity index is 1.76. The number of carboxylic acids is 1. The maximum absolute atomic E-state index is 12.5. The van der Waals surface area contributed by atoms with Gasteiger partial charge in [-0.15, -0.1) is 0 Å². The van der Waals surface area contributed by atoms with Gasteiger partial charge in [0.05, 0.1) is 11.6 Å². The first-order chi connectivity index (χ1) is 10.0. The summed E-state index contributed by atoms with van der Waals surface area (Å²) in [6.07, 6.45) is 4.77. The Kier molecular flexibility index (Phi) is 3.37. The fourth-order valence-electron chi connectivity index (χ4n) is 2.75. The molecule has 2 aromatic heterocycles. The molecule has 0 bridgehead atoms. The normalized spacial score (nSPS) is 16.3. The summed E-state index contributed by atoms with van der Waals surface area (Å²) < 4.78 is 1.88. The maximum atomic E-state index is 12.5. The minimum Gasteiger partial charge on any atom is -0.481 e. The molecule has 110 valence electrons. The van der Waals surface area contributed by atoms with Crippen LogP contribution >= 0.6 is 0 Å². The van der Waals surface area contributed by atoms with Crippen LogP contribution in [0.2, 0.25) is 0 Å². The predicted molar refractivity (Wildman–Crippen MR) is 76.2 cm³/mol. The van der Waals surface area contributed by atoms with Gasteiger partial charge < -0.3 is 14.4 Å². The Morgan fingerprint density at radius 3 is 2.71 bits per heavy atom. The van der Waals surface area contributed by atoms with Crippen molar-refractivity contribution in [3.63, 3.8) is 0 Å². The molecule has 0 radical (unpaired) electrons. The molecular formula is C15H17N3O3. The first-order valence-corrected chi connectivity index (χ1v) is 7.02.